The van der Waals surface area contributed by atoms with E-state index in [0.717, 1.165) is 37.4 Å². The van der Waals surface area contributed by atoms with Crippen LogP contribution in [0, 0.1) is 11.6 Å². The van der Waals surface area contributed by atoms with Gasteiger partial charge in [-0.3, -0.25) is 4.90 Å². The first-order valence-corrected chi connectivity index (χ1v) is 13.2. The van der Waals surface area contributed by atoms with E-state index >= 15 is 4.39 Å². The summed E-state index contributed by atoms with van der Waals surface area (Å²) in [5.41, 5.74) is 7.13. The highest BCUT2D eigenvalue weighted by Crippen LogP contribution is 2.38. The van der Waals surface area contributed by atoms with Crippen molar-refractivity contribution < 1.29 is 31.5 Å². The Morgan fingerprint density at radius 2 is 1.74 bits per heavy atom. The number of fused-ring (bicyclic) bond motifs is 1. The molecule has 10 nitrogen and oxygen atoms in total. The SMILES string of the molecule is COCc1c(-c2ccc(NC(=O)Nc3cc(C(F)(F)F)ccc3F)c(F)c2)c2c(N)ncnn2c1CN1CCN(C)CC1. The smallest absolute Gasteiger partial charge is 0.382 e. The summed E-state index contributed by atoms with van der Waals surface area (Å²) in [5, 5.41) is 8.64. The predicted octanol–water partition coefficient (Wildman–Crippen LogP) is 4.81. The van der Waals surface area contributed by atoms with Gasteiger partial charge in [-0.1, -0.05) is 6.07 Å². The third kappa shape index (κ3) is 6.38. The lowest BCUT2D eigenvalue weighted by atomic mass is 10.0. The maximum absolute atomic E-state index is 15.4. The molecule has 2 aromatic carbocycles. The van der Waals surface area contributed by atoms with Gasteiger partial charge in [0.2, 0.25) is 0 Å². The van der Waals surface area contributed by atoms with Crippen molar-refractivity contribution in [1.29, 1.82) is 0 Å². The number of carbonyl (C=O) groups excluding carboxylic acids is 1. The van der Waals surface area contributed by atoms with Gasteiger partial charge in [-0.25, -0.2) is 23.1 Å². The Balaban J connectivity index is 1.46. The minimum absolute atomic E-state index is 0.174. The number of halogens is 5. The summed E-state index contributed by atoms with van der Waals surface area (Å²) in [7, 11) is 3.60. The maximum atomic E-state index is 15.4. The zero-order valence-electron chi connectivity index (χ0n) is 23.3. The number of ether oxygens (including phenoxy) is 1. The van der Waals surface area contributed by atoms with Gasteiger partial charge in [-0.05, 0) is 42.9 Å². The molecule has 43 heavy (non-hydrogen) atoms. The molecule has 15 heteroatoms. The molecule has 4 N–H and O–H groups in total. The summed E-state index contributed by atoms with van der Waals surface area (Å²) in [5.74, 6) is -1.76. The summed E-state index contributed by atoms with van der Waals surface area (Å²) in [4.78, 5) is 21.1. The number of nitrogens with one attached hydrogen (secondary N) is 2. The number of hydrogen-bond acceptors (Lipinski definition) is 7. The van der Waals surface area contributed by atoms with Gasteiger partial charge in [0, 0.05) is 51.0 Å². The third-order valence-electron chi connectivity index (χ3n) is 7.27. The lowest BCUT2D eigenvalue weighted by molar-refractivity contribution is -0.137. The zero-order chi connectivity index (χ0) is 30.9. The van der Waals surface area contributed by atoms with Crippen molar-refractivity contribution in [3.63, 3.8) is 0 Å². The predicted molar refractivity (Wildman–Crippen MR) is 150 cm³/mol. The van der Waals surface area contributed by atoms with Gasteiger partial charge >= 0.3 is 12.2 Å². The molecule has 0 radical (unpaired) electrons. The van der Waals surface area contributed by atoms with Crippen molar-refractivity contribution in [2.24, 2.45) is 0 Å². The van der Waals surface area contributed by atoms with Crippen LogP contribution >= 0.6 is 0 Å². The first-order valence-electron chi connectivity index (χ1n) is 13.2. The normalized spacial score (nSPS) is 14.8. The third-order valence-corrected chi connectivity index (χ3v) is 7.27. The molecule has 228 valence electrons. The molecule has 0 spiro atoms. The lowest BCUT2D eigenvalue weighted by Crippen LogP contribution is -2.44. The van der Waals surface area contributed by atoms with Crippen LogP contribution in [0.3, 0.4) is 0 Å². The van der Waals surface area contributed by atoms with E-state index in [9.17, 15) is 22.4 Å². The van der Waals surface area contributed by atoms with Crippen molar-refractivity contribution in [3.8, 4) is 11.1 Å². The van der Waals surface area contributed by atoms with Crippen molar-refractivity contribution >= 4 is 28.7 Å². The summed E-state index contributed by atoms with van der Waals surface area (Å²) in [6, 6.07) is 4.47. The van der Waals surface area contributed by atoms with E-state index in [-0.39, 0.29) is 18.1 Å². The number of aromatic nitrogens is 3. The van der Waals surface area contributed by atoms with Gasteiger partial charge in [0.25, 0.3) is 0 Å². The van der Waals surface area contributed by atoms with Crippen LogP contribution in [-0.2, 0) is 24.1 Å². The fourth-order valence-electron chi connectivity index (χ4n) is 5.06. The number of hydrogen-bond donors (Lipinski definition) is 3. The highest BCUT2D eigenvalue weighted by atomic mass is 19.4. The van der Waals surface area contributed by atoms with Crippen LogP contribution in [-0.4, -0.2) is 70.8 Å². The monoisotopic (exact) mass is 604 g/mol. The number of methoxy groups -OCH3 is 1. The highest BCUT2D eigenvalue weighted by molar-refractivity contribution is 6.00. The van der Waals surface area contributed by atoms with E-state index in [1.165, 1.54) is 18.5 Å². The molecule has 2 aromatic heterocycles. The molecule has 1 saturated heterocycles. The van der Waals surface area contributed by atoms with Gasteiger partial charge in [-0.2, -0.15) is 18.3 Å². The fraction of sp³-hybridized carbons (Fsp3) is 0.321. The van der Waals surface area contributed by atoms with Crippen LogP contribution in [0.25, 0.3) is 16.6 Å². The molecule has 5 rings (SSSR count). The number of piperazine rings is 1. The van der Waals surface area contributed by atoms with Crippen molar-refractivity contribution in [2.75, 3.05) is 56.7 Å². The van der Waals surface area contributed by atoms with E-state index in [1.807, 2.05) is 5.32 Å². The zero-order valence-corrected chi connectivity index (χ0v) is 23.3. The van der Waals surface area contributed by atoms with E-state index in [1.54, 1.807) is 17.7 Å². The number of likely N-dealkylation sites (N-methyl/N-ethyl adjacent to an activating group) is 1. The Kier molecular flexibility index (Phi) is 8.48. The van der Waals surface area contributed by atoms with Crippen LogP contribution in [0.1, 0.15) is 16.8 Å². The second-order valence-corrected chi connectivity index (χ2v) is 10.2. The number of amides is 2. The van der Waals surface area contributed by atoms with E-state index < -0.39 is 35.1 Å². The second kappa shape index (κ2) is 12.1. The van der Waals surface area contributed by atoms with Crippen LogP contribution in [0.4, 0.5) is 43.9 Å². The molecular formula is C28H29F5N8O2. The van der Waals surface area contributed by atoms with Gasteiger partial charge < -0.3 is 26.0 Å². The number of nitrogens with zero attached hydrogens (tertiary/aromatic N) is 5. The summed E-state index contributed by atoms with van der Waals surface area (Å²) >= 11 is 0. The van der Waals surface area contributed by atoms with E-state index in [0.29, 0.717) is 41.4 Å². The molecule has 4 aromatic rings. The molecule has 0 unspecified atom stereocenters. The minimum Gasteiger partial charge on any atom is -0.382 e. The largest absolute Gasteiger partial charge is 0.416 e. The molecule has 2 amide bonds. The fourth-order valence-corrected chi connectivity index (χ4v) is 5.06. The van der Waals surface area contributed by atoms with Crippen LogP contribution in [0.2, 0.25) is 0 Å². The summed E-state index contributed by atoms with van der Waals surface area (Å²) < 4.78 is 75.7. The quantitative estimate of drug-likeness (QED) is 0.260. The Morgan fingerprint density at radius 1 is 1.02 bits per heavy atom. The van der Waals surface area contributed by atoms with Gasteiger partial charge in [0.05, 0.1) is 29.2 Å². The minimum atomic E-state index is -4.74. The number of urea groups is 1. The number of rotatable bonds is 7. The van der Waals surface area contributed by atoms with Gasteiger partial charge in [0.1, 0.15) is 23.5 Å². The molecule has 1 fully saturated rings. The van der Waals surface area contributed by atoms with Crippen molar-refractivity contribution in [3.05, 3.63) is 71.2 Å². The molecule has 0 bridgehead atoms. The Labute approximate surface area is 243 Å². The van der Waals surface area contributed by atoms with Gasteiger partial charge in [-0.15, -0.1) is 0 Å². The highest BCUT2D eigenvalue weighted by Gasteiger charge is 2.31. The molecule has 3 heterocycles. The van der Waals surface area contributed by atoms with E-state index in [2.05, 4.69) is 32.2 Å². The molecule has 1 aliphatic heterocycles. The average molecular weight is 605 g/mol. The Bertz CT molecular complexity index is 1650. The van der Waals surface area contributed by atoms with Crippen molar-refractivity contribution in [2.45, 2.75) is 19.3 Å². The van der Waals surface area contributed by atoms with Crippen LogP contribution < -0.4 is 16.4 Å². The Morgan fingerprint density at radius 3 is 2.42 bits per heavy atom. The number of nitrogens with two attached hydrogens (primary N) is 1. The number of benzene rings is 2. The Hall–Kier alpha value is -4.34. The molecule has 0 aliphatic carbocycles. The first kappa shape index (κ1) is 30.1. The number of nitrogen functional groups attached to an aromatic ring is 1. The van der Waals surface area contributed by atoms with E-state index in [4.69, 9.17) is 10.5 Å². The molecule has 1 aliphatic rings. The summed E-state index contributed by atoms with van der Waals surface area (Å²) in [6.07, 6.45) is -3.40. The molecule has 0 atom stereocenters. The van der Waals surface area contributed by atoms with Gasteiger partial charge in [0.15, 0.2) is 5.82 Å². The molecule has 0 saturated carbocycles. The second-order valence-electron chi connectivity index (χ2n) is 10.2. The van der Waals surface area contributed by atoms with Crippen LogP contribution in [0.5, 0.6) is 0 Å². The van der Waals surface area contributed by atoms with Crippen molar-refractivity contribution in [1.82, 2.24) is 24.4 Å². The first-order chi connectivity index (χ1) is 20.5. The maximum Gasteiger partial charge on any atom is 0.416 e. The summed E-state index contributed by atoms with van der Waals surface area (Å²) in [6.45, 7) is 4.20. The lowest BCUT2D eigenvalue weighted by Gasteiger charge is -2.32. The number of alkyl halides is 3. The van der Waals surface area contributed by atoms with Crippen LogP contribution in [0.15, 0.2) is 42.7 Å². The topological polar surface area (TPSA) is 113 Å². The number of carbonyl (C=O) groups is 1. The average Bonchev–Trinajstić information content (AvgIpc) is 3.26. The number of anilines is 3. The standard InChI is InChI=1S/C28H29F5N8O2/c1-39-7-9-40(10-8-39)13-23-18(14-43-2)24(25-26(34)35-15-36-41(23)25)16-3-6-21(20(30)11-16)37-27(42)38-22-12-17(28(31,32)33)4-5-19(22)29/h3-6,11-12,15H,7-10,13-14H2,1-2H3,(H2,34,35,36)(H2,37,38,42). The molecular weight excluding hydrogens is 575 g/mol.